The molecule has 1 aromatic heterocycles. The number of ether oxygens (including phenoxy) is 1. The highest BCUT2D eigenvalue weighted by molar-refractivity contribution is 8.14. The highest BCUT2D eigenvalue weighted by atomic mass is 35.5. The molecule has 1 aromatic carbocycles. The number of pyridine rings is 1. The molecule has 6 heteroatoms. The van der Waals surface area contributed by atoms with Crippen LogP contribution in [0.2, 0.25) is 5.02 Å². The zero-order valence-electron chi connectivity index (χ0n) is 13.5. The Kier molecular flexibility index (Phi) is 4.14. The molecule has 4 nitrogen and oxygen atoms in total. The Bertz CT molecular complexity index is 783. The minimum absolute atomic E-state index is 0.0476. The fourth-order valence-corrected chi connectivity index (χ4v) is 4.66. The maximum atomic E-state index is 6.29. The van der Waals surface area contributed by atoms with Crippen LogP contribution in [0.4, 0.5) is 0 Å². The first kappa shape index (κ1) is 15.8. The zero-order valence-corrected chi connectivity index (χ0v) is 15.1. The van der Waals surface area contributed by atoms with Crippen molar-refractivity contribution < 1.29 is 4.74 Å². The third kappa shape index (κ3) is 2.66. The van der Waals surface area contributed by atoms with Gasteiger partial charge in [-0.2, -0.15) is 0 Å². The van der Waals surface area contributed by atoms with Crippen LogP contribution in [-0.4, -0.2) is 34.0 Å². The van der Waals surface area contributed by atoms with Gasteiger partial charge in [0.25, 0.3) is 0 Å². The molecule has 3 unspecified atom stereocenters. The molecule has 1 saturated heterocycles. The second-order valence-electron chi connectivity index (χ2n) is 6.02. The second kappa shape index (κ2) is 6.30. The molecule has 3 atom stereocenters. The van der Waals surface area contributed by atoms with E-state index in [9.17, 15) is 0 Å². The average Bonchev–Trinajstić information content (AvgIpc) is 3.11. The highest BCUT2D eigenvalue weighted by Gasteiger charge is 2.44. The van der Waals surface area contributed by atoms with Crippen LogP contribution in [0.25, 0.3) is 0 Å². The van der Waals surface area contributed by atoms with Crippen LogP contribution in [-0.2, 0) is 0 Å². The molecule has 0 saturated carbocycles. The summed E-state index contributed by atoms with van der Waals surface area (Å²) in [6.07, 6.45) is 1.82. The van der Waals surface area contributed by atoms with Crippen molar-refractivity contribution >= 4 is 28.5 Å². The molecule has 0 radical (unpaired) electrons. The number of nitrogens with zero attached hydrogens (tertiary/aromatic N) is 3. The van der Waals surface area contributed by atoms with Crippen LogP contribution in [0.5, 0.6) is 5.75 Å². The van der Waals surface area contributed by atoms with Crippen molar-refractivity contribution in [3.05, 3.63) is 58.9 Å². The van der Waals surface area contributed by atoms with E-state index in [2.05, 4.69) is 16.8 Å². The van der Waals surface area contributed by atoms with Crippen LogP contribution >= 0.6 is 23.4 Å². The van der Waals surface area contributed by atoms with Gasteiger partial charge < -0.3 is 9.64 Å². The first-order valence-corrected chi connectivity index (χ1v) is 9.18. The van der Waals surface area contributed by atoms with E-state index < -0.39 is 0 Å². The monoisotopic (exact) mass is 359 g/mol. The smallest absolute Gasteiger partial charge is 0.160 e. The molecule has 4 rings (SSSR count). The Morgan fingerprint density at radius 1 is 1.29 bits per heavy atom. The molecular weight excluding hydrogens is 342 g/mol. The SMILES string of the molecule is COc1ccc(Cl)cc1C1C(c2ccccn2)N=C2SC(C)CN21. The van der Waals surface area contributed by atoms with Crippen LogP contribution in [0.3, 0.4) is 0 Å². The summed E-state index contributed by atoms with van der Waals surface area (Å²) >= 11 is 8.11. The van der Waals surface area contributed by atoms with E-state index in [1.54, 1.807) is 7.11 Å². The van der Waals surface area contributed by atoms with Gasteiger partial charge in [0, 0.05) is 28.6 Å². The van der Waals surface area contributed by atoms with Gasteiger partial charge >= 0.3 is 0 Å². The minimum Gasteiger partial charge on any atom is -0.496 e. The first-order chi connectivity index (χ1) is 11.7. The molecule has 0 aliphatic carbocycles. The fraction of sp³-hybridized carbons (Fsp3) is 0.333. The second-order valence-corrected chi connectivity index (χ2v) is 7.87. The number of amidine groups is 1. The van der Waals surface area contributed by atoms with Crippen LogP contribution in [0.15, 0.2) is 47.6 Å². The summed E-state index contributed by atoms with van der Waals surface area (Å²) in [6.45, 7) is 3.20. The normalized spacial score (nSPS) is 25.5. The predicted octanol–water partition coefficient (Wildman–Crippen LogP) is 4.33. The van der Waals surface area contributed by atoms with E-state index >= 15 is 0 Å². The van der Waals surface area contributed by atoms with Crippen molar-refractivity contribution in [2.24, 2.45) is 4.99 Å². The Hall–Kier alpha value is -1.72. The van der Waals surface area contributed by atoms with Crippen molar-refractivity contribution in [1.82, 2.24) is 9.88 Å². The number of benzene rings is 1. The topological polar surface area (TPSA) is 37.7 Å². The third-order valence-corrected chi connectivity index (χ3v) is 5.73. The number of halogens is 1. The maximum Gasteiger partial charge on any atom is 0.160 e. The van der Waals surface area contributed by atoms with Gasteiger partial charge in [0.2, 0.25) is 0 Å². The number of hydrogen-bond donors (Lipinski definition) is 0. The summed E-state index contributed by atoms with van der Waals surface area (Å²) in [6, 6.07) is 11.8. The van der Waals surface area contributed by atoms with Crippen LogP contribution < -0.4 is 4.74 Å². The molecule has 1 fully saturated rings. The predicted molar refractivity (Wildman–Crippen MR) is 98.9 cm³/mol. The van der Waals surface area contributed by atoms with E-state index in [1.165, 1.54) is 0 Å². The highest BCUT2D eigenvalue weighted by Crippen LogP contribution is 2.49. The van der Waals surface area contributed by atoms with E-state index in [1.807, 2.05) is 54.4 Å². The van der Waals surface area contributed by atoms with Gasteiger partial charge in [0.1, 0.15) is 11.8 Å². The standard InChI is InChI=1S/C18H18ClN3OS/c1-11-10-22-17(13-9-12(19)6-7-15(13)23-2)16(21-18(22)24-11)14-5-3-4-8-20-14/h3-9,11,16-17H,10H2,1-2H3. The molecule has 2 aliphatic rings. The molecule has 3 heterocycles. The molecule has 2 aliphatic heterocycles. The lowest BCUT2D eigenvalue weighted by Gasteiger charge is -2.28. The van der Waals surface area contributed by atoms with Gasteiger partial charge in [-0.25, -0.2) is 0 Å². The summed E-state index contributed by atoms with van der Waals surface area (Å²) in [4.78, 5) is 11.9. The first-order valence-electron chi connectivity index (χ1n) is 7.93. The van der Waals surface area contributed by atoms with E-state index in [0.29, 0.717) is 10.3 Å². The molecule has 0 amide bonds. The van der Waals surface area contributed by atoms with Crippen molar-refractivity contribution in [1.29, 1.82) is 0 Å². The number of aromatic nitrogens is 1. The van der Waals surface area contributed by atoms with Gasteiger partial charge in [-0.1, -0.05) is 36.4 Å². The van der Waals surface area contributed by atoms with Crippen molar-refractivity contribution in [3.8, 4) is 5.75 Å². The van der Waals surface area contributed by atoms with Gasteiger partial charge in [-0.3, -0.25) is 9.98 Å². The van der Waals surface area contributed by atoms with Crippen molar-refractivity contribution in [3.63, 3.8) is 0 Å². The van der Waals surface area contributed by atoms with Gasteiger partial charge in [-0.05, 0) is 30.3 Å². The largest absolute Gasteiger partial charge is 0.496 e. The molecular formula is C18H18ClN3OS. The summed E-state index contributed by atoms with van der Waals surface area (Å²) < 4.78 is 5.61. The Morgan fingerprint density at radius 3 is 2.92 bits per heavy atom. The molecule has 0 bridgehead atoms. The minimum atomic E-state index is -0.0476. The molecule has 0 spiro atoms. The van der Waals surface area contributed by atoms with Gasteiger partial charge in [0.15, 0.2) is 5.17 Å². The Balaban J connectivity index is 1.83. The fourth-order valence-electron chi connectivity index (χ4n) is 3.39. The number of methoxy groups -OCH3 is 1. The third-order valence-electron chi connectivity index (χ3n) is 4.39. The van der Waals surface area contributed by atoms with E-state index in [4.69, 9.17) is 21.3 Å². The van der Waals surface area contributed by atoms with E-state index in [-0.39, 0.29) is 12.1 Å². The molecule has 2 aromatic rings. The van der Waals surface area contributed by atoms with Crippen molar-refractivity contribution in [2.45, 2.75) is 24.3 Å². The maximum absolute atomic E-state index is 6.29. The summed E-state index contributed by atoms with van der Waals surface area (Å²) in [5.74, 6) is 0.839. The van der Waals surface area contributed by atoms with Gasteiger partial charge in [-0.15, -0.1) is 0 Å². The van der Waals surface area contributed by atoms with E-state index in [0.717, 1.165) is 28.7 Å². The van der Waals surface area contributed by atoms with Crippen LogP contribution in [0.1, 0.15) is 30.3 Å². The molecule has 0 N–H and O–H groups in total. The molecule has 124 valence electrons. The quantitative estimate of drug-likeness (QED) is 0.817. The Morgan fingerprint density at radius 2 is 2.17 bits per heavy atom. The summed E-state index contributed by atoms with van der Waals surface area (Å²) in [7, 11) is 1.70. The lowest BCUT2D eigenvalue weighted by molar-refractivity contribution is 0.307. The number of rotatable bonds is 3. The number of thioether (sulfide) groups is 1. The lowest BCUT2D eigenvalue weighted by atomic mass is 9.95. The number of aliphatic imine (C=N–C) groups is 1. The Labute approximate surface area is 150 Å². The number of hydrogen-bond acceptors (Lipinski definition) is 5. The van der Waals surface area contributed by atoms with Crippen LogP contribution in [0, 0.1) is 0 Å². The van der Waals surface area contributed by atoms with Crippen molar-refractivity contribution in [2.75, 3.05) is 13.7 Å². The molecule has 24 heavy (non-hydrogen) atoms. The zero-order chi connectivity index (χ0) is 16.7. The lowest BCUT2D eigenvalue weighted by Crippen LogP contribution is -2.28. The number of fused-ring (bicyclic) bond motifs is 1. The average molecular weight is 360 g/mol. The summed E-state index contributed by atoms with van der Waals surface area (Å²) in [5.41, 5.74) is 2.04. The van der Waals surface area contributed by atoms with Gasteiger partial charge in [0.05, 0.1) is 18.8 Å². The summed E-state index contributed by atoms with van der Waals surface area (Å²) in [5, 5.41) is 2.32.